The lowest BCUT2D eigenvalue weighted by molar-refractivity contribution is 0.0392. The molecular formula is C14H18N4O. The van der Waals surface area contributed by atoms with E-state index in [0.29, 0.717) is 5.82 Å². The van der Waals surface area contributed by atoms with Crippen molar-refractivity contribution in [2.24, 2.45) is 7.05 Å². The third-order valence-electron chi connectivity index (χ3n) is 3.49. The molecule has 3 rings (SSSR count). The molecule has 1 aromatic heterocycles. The molecular weight excluding hydrogens is 240 g/mol. The number of nitrogen functional groups attached to an aromatic ring is 1. The molecule has 0 atom stereocenters. The van der Waals surface area contributed by atoms with Gasteiger partial charge < -0.3 is 10.5 Å². The second-order valence-corrected chi connectivity index (χ2v) is 5.02. The number of likely N-dealkylation sites (tertiary alicyclic amines) is 1. The average molecular weight is 258 g/mol. The van der Waals surface area contributed by atoms with Gasteiger partial charge in [-0.3, -0.25) is 9.58 Å². The number of aromatic nitrogens is 2. The molecule has 19 heavy (non-hydrogen) atoms. The van der Waals surface area contributed by atoms with Crippen molar-refractivity contribution in [2.45, 2.75) is 6.10 Å². The number of likely N-dealkylation sites (N-methyl/N-ethyl adjacent to an activating group) is 1. The van der Waals surface area contributed by atoms with Crippen molar-refractivity contribution in [1.82, 2.24) is 14.7 Å². The van der Waals surface area contributed by atoms with E-state index in [1.807, 2.05) is 31.3 Å². The molecule has 0 saturated carbocycles. The Morgan fingerprint density at radius 1 is 1.21 bits per heavy atom. The molecule has 100 valence electrons. The smallest absolute Gasteiger partial charge is 0.129 e. The van der Waals surface area contributed by atoms with Gasteiger partial charge in [0.15, 0.2) is 0 Å². The van der Waals surface area contributed by atoms with E-state index in [-0.39, 0.29) is 6.10 Å². The van der Waals surface area contributed by atoms with Crippen LogP contribution in [0.15, 0.2) is 30.5 Å². The van der Waals surface area contributed by atoms with Crippen LogP contribution in [0.5, 0.6) is 5.75 Å². The van der Waals surface area contributed by atoms with Gasteiger partial charge in [-0.1, -0.05) is 18.2 Å². The van der Waals surface area contributed by atoms with Crippen molar-refractivity contribution in [3.63, 3.8) is 0 Å². The zero-order valence-electron chi connectivity index (χ0n) is 11.2. The summed E-state index contributed by atoms with van der Waals surface area (Å²) in [4.78, 5) is 2.23. The van der Waals surface area contributed by atoms with Crippen LogP contribution in [0.3, 0.4) is 0 Å². The van der Waals surface area contributed by atoms with Gasteiger partial charge in [-0.2, -0.15) is 5.10 Å². The number of ether oxygens (including phenoxy) is 1. The van der Waals surface area contributed by atoms with Crippen molar-refractivity contribution < 1.29 is 4.74 Å². The highest BCUT2D eigenvalue weighted by molar-refractivity contribution is 5.78. The third-order valence-corrected chi connectivity index (χ3v) is 3.49. The van der Waals surface area contributed by atoms with Crippen LogP contribution >= 0.6 is 0 Å². The first-order chi connectivity index (χ1) is 9.15. The number of hydrogen-bond acceptors (Lipinski definition) is 4. The predicted octanol–water partition coefficient (Wildman–Crippen LogP) is 1.36. The lowest BCUT2D eigenvalue weighted by atomic mass is 10.1. The second kappa shape index (κ2) is 4.59. The SMILES string of the molecule is CN1CC(Oc2ccccc2-c2cnn(C)c2N)C1. The summed E-state index contributed by atoms with van der Waals surface area (Å²) in [6, 6.07) is 7.97. The van der Waals surface area contributed by atoms with Gasteiger partial charge in [0.25, 0.3) is 0 Å². The Bertz CT molecular complexity index is 587. The molecule has 0 aliphatic carbocycles. The van der Waals surface area contributed by atoms with Gasteiger partial charge in [-0.25, -0.2) is 0 Å². The maximum absolute atomic E-state index is 6.04. The molecule has 0 unspecified atom stereocenters. The summed E-state index contributed by atoms with van der Waals surface area (Å²) >= 11 is 0. The predicted molar refractivity (Wildman–Crippen MR) is 75.0 cm³/mol. The molecule has 0 amide bonds. The van der Waals surface area contributed by atoms with E-state index < -0.39 is 0 Å². The minimum Gasteiger partial charge on any atom is -0.487 e. The van der Waals surface area contributed by atoms with Crippen LogP contribution < -0.4 is 10.5 Å². The largest absolute Gasteiger partial charge is 0.487 e. The Kier molecular flexibility index (Phi) is 2.91. The molecule has 2 heterocycles. The van der Waals surface area contributed by atoms with E-state index in [9.17, 15) is 0 Å². The molecule has 5 nitrogen and oxygen atoms in total. The quantitative estimate of drug-likeness (QED) is 0.903. The Morgan fingerprint density at radius 3 is 2.58 bits per heavy atom. The first-order valence-corrected chi connectivity index (χ1v) is 6.37. The summed E-state index contributed by atoms with van der Waals surface area (Å²) in [6.07, 6.45) is 2.05. The number of para-hydroxylation sites is 1. The monoisotopic (exact) mass is 258 g/mol. The van der Waals surface area contributed by atoms with Gasteiger partial charge in [0.1, 0.15) is 17.7 Å². The van der Waals surface area contributed by atoms with Crippen LogP contribution in [0, 0.1) is 0 Å². The first-order valence-electron chi connectivity index (χ1n) is 6.37. The summed E-state index contributed by atoms with van der Waals surface area (Å²) in [6.45, 7) is 1.94. The molecule has 1 aliphatic heterocycles. The van der Waals surface area contributed by atoms with Crippen molar-refractivity contribution in [3.05, 3.63) is 30.5 Å². The summed E-state index contributed by atoms with van der Waals surface area (Å²) < 4.78 is 7.71. The zero-order valence-corrected chi connectivity index (χ0v) is 11.2. The lowest BCUT2D eigenvalue weighted by Crippen LogP contribution is -2.51. The topological polar surface area (TPSA) is 56.3 Å². The van der Waals surface area contributed by atoms with Crippen molar-refractivity contribution in [1.29, 1.82) is 0 Å². The van der Waals surface area contributed by atoms with Crippen molar-refractivity contribution in [2.75, 3.05) is 25.9 Å². The van der Waals surface area contributed by atoms with Crippen molar-refractivity contribution in [3.8, 4) is 16.9 Å². The summed E-state index contributed by atoms with van der Waals surface area (Å²) in [5.41, 5.74) is 7.96. The number of nitrogens with two attached hydrogens (primary N) is 1. The van der Waals surface area contributed by atoms with E-state index in [1.54, 1.807) is 10.9 Å². The van der Waals surface area contributed by atoms with Crippen LogP contribution in [0.1, 0.15) is 0 Å². The number of anilines is 1. The van der Waals surface area contributed by atoms with E-state index in [4.69, 9.17) is 10.5 Å². The van der Waals surface area contributed by atoms with E-state index in [0.717, 1.165) is 30.0 Å². The summed E-state index contributed by atoms with van der Waals surface area (Å²) in [5, 5.41) is 4.19. The normalized spacial score (nSPS) is 16.3. The van der Waals surface area contributed by atoms with Gasteiger partial charge in [0.05, 0.1) is 6.20 Å². The molecule has 1 saturated heterocycles. The van der Waals surface area contributed by atoms with Crippen LogP contribution in [0.4, 0.5) is 5.82 Å². The van der Waals surface area contributed by atoms with Crippen molar-refractivity contribution >= 4 is 5.82 Å². The summed E-state index contributed by atoms with van der Waals surface area (Å²) in [5.74, 6) is 1.53. The van der Waals surface area contributed by atoms with Crippen LogP contribution in [-0.2, 0) is 7.05 Å². The highest BCUT2D eigenvalue weighted by Gasteiger charge is 2.26. The molecule has 2 aromatic rings. The minimum atomic E-state index is 0.268. The van der Waals surface area contributed by atoms with Crippen LogP contribution in [0.2, 0.25) is 0 Å². The maximum Gasteiger partial charge on any atom is 0.129 e. The van der Waals surface area contributed by atoms with E-state index >= 15 is 0 Å². The number of benzene rings is 1. The second-order valence-electron chi connectivity index (χ2n) is 5.02. The maximum atomic E-state index is 6.04. The molecule has 1 aliphatic rings. The lowest BCUT2D eigenvalue weighted by Gasteiger charge is -2.36. The molecule has 2 N–H and O–H groups in total. The molecule has 5 heteroatoms. The molecule has 1 fully saturated rings. The number of aryl methyl sites for hydroxylation is 1. The van der Waals surface area contributed by atoms with Crippen LogP contribution in [-0.4, -0.2) is 40.9 Å². The van der Waals surface area contributed by atoms with Gasteiger partial charge in [-0.15, -0.1) is 0 Å². The minimum absolute atomic E-state index is 0.268. The van der Waals surface area contributed by atoms with Gasteiger partial charge in [-0.05, 0) is 13.1 Å². The standard InChI is InChI=1S/C14H18N4O/c1-17-8-10(9-17)19-13-6-4-3-5-11(13)12-7-16-18(2)14(12)15/h3-7,10H,8-9,15H2,1-2H3. The fraction of sp³-hybridized carbons (Fsp3) is 0.357. The Morgan fingerprint density at radius 2 is 1.95 bits per heavy atom. The molecule has 0 bridgehead atoms. The molecule has 1 aromatic carbocycles. The highest BCUT2D eigenvalue weighted by atomic mass is 16.5. The highest BCUT2D eigenvalue weighted by Crippen LogP contribution is 2.34. The Labute approximate surface area is 112 Å². The van der Waals surface area contributed by atoms with Crippen LogP contribution in [0.25, 0.3) is 11.1 Å². The van der Waals surface area contributed by atoms with Gasteiger partial charge >= 0.3 is 0 Å². The van der Waals surface area contributed by atoms with Gasteiger partial charge in [0.2, 0.25) is 0 Å². The number of hydrogen-bond donors (Lipinski definition) is 1. The fourth-order valence-electron chi connectivity index (χ4n) is 2.34. The first kappa shape index (κ1) is 12.0. The van der Waals surface area contributed by atoms with E-state index in [2.05, 4.69) is 17.0 Å². The average Bonchev–Trinajstić information content (AvgIpc) is 2.69. The third kappa shape index (κ3) is 2.17. The zero-order chi connectivity index (χ0) is 13.4. The molecule has 0 radical (unpaired) electrons. The Balaban J connectivity index is 1.91. The fourth-order valence-corrected chi connectivity index (χ4v) is 2.34. The van der Waals surface area contributed by atoms with E-state index in [1.165, 1.54) is 0 Å². The molecule has 0 spiro atoms. The number of rotatable bonds is 3. The van der Waals surface area contributed by atoms with Gasteiger partial charge in [0, 0.05) is 31.3 Å². The number of nitrogens with zero attached hydrogens (tertiary/aromatic N) is 3. The Hall–Kier alpha value is -2.01. The summed E-state index contributed by atoms with van der Waals surface area (Å²) in [7, 11) is 3.92.